The summed E-state index contributed by atoms with van der Waals surface area (Å²) in [7, 11) is 0. The van der Waals surface area contributed by atoms with E-state index in [1.165, 1.54) is 5.56 Å². The Balaban J connectivity index is 0.00000218. The van der Waals surface area contributed by atoms with Crippen molar-refractivity contribution in [1.29, 1.82) is 0 Å². The molecule has 30 heavy (non-hydrogen) atoms. The first kappa shape index (κ1) is 20.5. The number of esters is 1. The molecule has 5 rings (SSSR count). The van der Waals surface area contributed by atoms with Crippen molar-refractivity contribution in [3.8, 4) is 17.2 Å². The highest BCUT2D eigenvalue weighted by molar-refractivity contribution is 5.91. The molecular formula is C22H23ClN2O5. The van der Waals surface area contributed by atoms with Crippen molar-refractivity contribution in [2.75, 3.05) is 33.0 Å². The van der Waals surface area contributed by atoms with E-state index >= 15 is 0 Å². The van der Waals surface area contributed by atoms with E-state index in [-0.39, 0.29) is 37.5 Å². The molecule has 0 spiro atoms. The number of carbonyl (C=O) groups excluding carboxylic acids is 2. The van der Waals surface area contributed by atoms with Gasteiger partial charge in [-0.05, 0) is 23.8 Å². The van der Waals surface area contributed by atoms with E-state index in [1.54, 1.807) is 6.07 Å². The summed E-state index contributed by atoms with van der Waals surface area (Å²) in [4.78, 5) is 29.1. The minimum Gasteiger partial charge on any atom is -0.454 e. The maximum absolute atomic E-state index is 12.8. The van der Waals surface area contributed by atoms with Crippen molar-refractivity contribution < 1.29 is 23.8 Å². The van der Waals surface area contributed by atoms with Gasteiger partial charge in [0.25, 0.3) is 0 Å². The van der Waals surface area contributed by atoms with Crippen molar-refractivity contribution in [2.24, 2.45) is 0 Å². The summed E-state index contributed by atoms with van der Waals surface area (Å²) in [6.45, 7) is 4.00. The quantitative estimate of drug-likeness (QED) is 0.548. The van der Waals surface area contributed by atoms with Gasteiger partial charge < -0.3 is 19.1 Å². The molecule has 0 radical (unpaired) electrons. The van der Waals surface area contributed by atoms with Crippen LogP contribution in [-0.4, -0.2) is 54.6 Å². The zero-order chi connectivity index (χ0) is 19.8. The molecule has 1 atom stereocenters. The van der Waals surface area contributed by atoms with Gasteiger partial charge in [-0.2, -0.15) is 0 Å². The molecule has 3 aliphatic rings. The third-order valence-electron chi connectivity index (χ3n) is 5.74. The first-order valence-electron chi connectivity index (χ1n) is 9.86. The second-order valence-corrected chi connectivity index (χ2v) is 7.56. The molecule has 1 fully saturated rings. The number of benzene rings is 2. The Hall–Kier alpha value is -2.77. The molecule has 0 N–H and O–H groups in total. The Bertz CT molecular complexity index is 958. The molecule has 0 aromatic heterocycles. The lowest BCUT2D eigenvalue weighted by atomic mass is 9.96. The lowest BCUT2D eigenvalue weighted by Gasteiger charge is -2.35. The lowest BCUT2D eigenvalue weighted by Crippen LogP contribution is -2.48. The van der Waals surface area contributed by atoms with E-state index in [2.05, 4.69) is 4.90 Å². The van der Waals surface area contributed by atoms with Crippen LogP contribution in [0.3, 0.4) is 0 Å². The minimum atomic E-state index is -0.495. The molecule has 1 unspecified atom stereocenters. The summed E-state index contributed by atoms with van der Waals surface area (Å²) in [5, 5.41) is 0. The van der Waals surface area contributed by atoms with Gasteiger partial charge in [-0.15, -0.1) is 12.4 Å². The number of halogens is 1. The van der Waals surface area contributed by atoms with Crippen LogP contribution < -0.4 is 14.2 Å². The fourth-order valence-corrected chi connectivity index (χ4v) is 4.12. The maximum Gasteiger partial charge on any atom is 0.319 e. The fraction of sp³-hybridized carbons (Fsp3) is 0.364. The topological polar surface area (TPSA) is 68.3 Å². The molecule has 2 aromatic carbocycles. The maximum atomic E-state index is 12.8. The lowest BCUT2D eigenvalue weighted by molar-refractivity contribution is -0.140. The highest BCUT2D eigenvalue weighted by Crippen LogP contribution is 2.37. The average molecular weight is 431 g/mol. The molecule has 3 aliphatic heterocycles. The molecule has 0 saturated carbocycles. The van der Waals surface area contributed by atoms with Gasteiger partial charge >= 0.3 is 5.97 Å². The predicted octanol–water partition coefficient (Wildman–Crippen LogP) is 2.57. The summed E-state index contributed by atoms with van der Waals surface area (Å²) in [5.74, 6) is 1.33. The molecule has 1 saturated heterocycles. The van der Waals surface area contributed by atoms with Crippen LogP contribution in [0.15, 0.2) is 42.5 Å². The molecule has 8 heteroatoms. The van der Waals surface area contributed by atoms with Crippen molar-refractivity contribution in [3.05, 3.63) is 53.6 Å². The van der Waals surface area contributed by atoms with Crippen LogP contribution in [-0.2, 0) is 16.1 Å². The molecule has 158 valence electrons. The van der Waals surface area contributed by atoms with Gasteiger partial charge in [0.05, 0.1) is 5.92 Å². The van der Waals surface area contributed by atoms with Gasteiger partial charge in [-0.1, -0.05) is 24.3 Å². The largest absolute Gasteiger partial charge is 0.454 e. The summed E-state index contributed by atoms with van der Waals surface area (Å²) < 4.78 is 16.1. The minimum absolute atomic E-state index is 0. The number of hydrogen-bond acceptors (Lipinski definition) is 6. The van der Waals surface area contributed by atoms with Gasteiger partial charge in [0.2, 0.25) is 12.7 Å². The van der Waals surface area contributed by atoms with Gasteiger partial charge in [0.15, 0.2) is 11.5 Å². The van der Waals surface area contributed by atoms with Crippen molar-refractivity contribution >= 4 is 24.3 Å². The van der Waals surface area contributed by atoms with E-state index in [1.807, 2.05) is 41.3 Å². The molecule has 0 bridgehead atoms. The Morgan fingerprint density at radius 1 is 0.967 bits per heavy atom. The Kier molecular flexibility index (Phi) is 5.83. The number of nitrogens with zero attached hydrogens (tertiary/aromatic N) is 2. The normalized spacial score (nSPS) is 19.8. The molecule has 3 heterocycles. The van der Waals surface area contributed by atoms with Gasteiger partial charge in [0, 0.05) is 44.7 Å². The van der Waals surface area contributed by atoms with E-state index in [4.69, 9.17) is 14.2 Å². The number of ether oxygens (including phenoxy) is 3. The molecular weight excluding hydrogens is 408 g/mol. The van der Waals surface area contributed by atoms with Gasteiger partial charge in [-0.25, -0.2) is 0 Å². The molecule has 7 nitrogen and oxygen atoms in total. The van der Waals surface area contributed by atoms with E-state index in [0.717, 1.165) is 36.7 Å². The number of piperazine rings is 1. The van der Waals surface area contributed by atoms with Crippen LogP contribution in [0.1, 0.15) is 23.5 Å². The van der Waals surface area contributed by atoms with E-state index in [0.29, 0.717) is 18.8 Å². The SMILES string of the molecule is Cl.O=C1Oc2ccccc2C1CC(=O)N1CCN(Cc2ccc3c(c2)OCO3)CC1. The standard InChI is InChI=1S/C22H22N2O5.ClH/c25-21(12-17-16-3-1-2-4-18(16)29-22(17)26)24-9-7-23(8-10-24)13-15-5-6-19-20(11-15)28-14-27-19;/h1-6,11,17H,7-10,12-14H2;1H. The van der Waals surface area contributed by atoms with Crippen LogP contribution in [0.2, 0.25) is 0 Å². The number of carbonyl (C=O) groups is 2. The number of rotatable bonds is 4. The summed E-state index contributed by atoms with van der Waals surface area (Å²) in [6.07, 6.45) is 0.165. The van der Waals surface area contributed by atoms with Gasteiger partial charge in [-0.3, -0.25) is 14.5 Å². The number of amides is 1. The highest BCUT2D eigenvalue weighted by Gasteiger charge is 2.36. The van der Waals surface area contributed by atoms with Crippen LogP contribution >= 0.6 is 12.4 Å². The Morgan fingerprint density at radius 3 is 2.57 bits per heavy atom. The van der Waals surface area contributed by atoms with Crippen molar-refractivity contribution in [1.82, 2.24) is 9.80 Å². The number of hydrogen-bond donors (Lipinski definition) is 0. The van der Waals surface area contributed by atoms with E-state index in [9.17, 15) is 9.59 Å². The summed E-state index contributed by atoms with van der Waals surface area (Å²) >= 11 is 0. The molecule has 0 aliphatic carbocycles. The molecule has 1 amide bonds. The van der Waals surface area contributed by atoms with Crippen LogP contribution in [0, 0.1) is 0 Å². The number of fused-ring (bicyclic) bond motifs is 2. The Morgan fingerprint density at radius 2 is 1.73 bits per heavy atom. The number of para-hydroxylation sites is 1. The highest BCUT2D eigenvalue weighted by atomic mass is 35.5. The predicted molar refractivity (Wildman–Crippen MR) is 111 cm³/mol. The Labute approximate surface area is 180 Å². The summed E-state index contributed by atoms with van der Waals surface area (Å²) in [5.41, 5.74) is 1.98. The van der Waals surface area contributed by atoms with Crippen LogP contribution in [0.25, 0.3) is 0 Å². The summed E-state index contributed by atoms with van der Waals surface area (Å²) in [6, 6.07) is 13.3. The van der Waals surface area contributed by atoms with Crippen LogP contribution in [0.5, 0.6) is 17.2 Å². The second-order valence-electron chi connectivity index (χ2n) is 7.56. The third-order valence-corrected chi connectivity index (χ3v) is 5.74. The van der Waals surface area contributed by atoms with Crippen LogP contribution in [0.4, 0.5) is 0 Å². The van der Waals surface area contributed by atoms with Gasteiger partial charge in [0.1, 0.15) is 5.75 Å². The first-order valence-corrected chi connectivity index (χ1v) is 9.86. The first-order chi connectivity index (χ1) is 14.2. The second kappa shape index (κ2) is 8.53. The zero-order valence-corrected chi connectivity index (χ0v) is 17.2. The monoisotopic (exact) mass is 430 g/mol. The van der Waals surface area contributed by atoms with Crippen molar-refractivity contribution in [3.63, 3.8) is 0 Å². The fourth-order valence-electron chi connectivity index (χ4n) is 4.12. The molecule has 2 aromatic rings. The zero-order valence-electron chi connectivity index (χ0n) is 16.4. The average Bonchev–Trinajstić information content (AvgIpc) is 3.32. The van der Waals surface area contributed by atoms with Crippen molar-refractivity contribution in [2.45, 2.75) is 18.9 Å². The van der Waals surface area contributed by atoms with E-state index < -0.39 is 5.92 Å². The third kappa shape index (κ3) is 3.95. The smallest absolute Gasteiger partial charge is 0.319 e.